The highest BCUT2D eigenvalue weighted by atomic mass is 15.1. The molecule has 2 bridgehead atoms. The molecule has 2 aliphatic rings. The maximum Gasteiger partial charge on any atom is 0.224 e. The van der Waals surface area contributed by atoms with Gasteiger partial charge in [-0.15, -0.1) is 0 Å². The molecule has 2 aromatic heterocycles. The number of fused-ring (bicyclic) bond motifs is 3. The van der Waals surface area contributed by atoms with E-state index in [0.717, 1.165) is 35.6 Å². The predicted octanol–water partition coefficient (Wildman–Crippen LogP) is 1.91. The third kappa shape index (κ3) is 2.01. The molecule has 1 aliphatic carbocycles. The Bertz CT molecular complexity index is 707. The molecule has 4 rings (SSSR count). The molecule has 1 unspecified atom stereocenters. The molecule has 0 amide bonds. The summed E-state index contributed by atoms with van der Waals surface area (Å²) in [6.07, 6.45) is 9.27. The smallest absolute Gasteiger partial charge is 0.224 e. The Balaban J connectivity index is 1.95. The topological polar surface area (TPSA) is 54.2 Å². The van der Waals surface area contributed by atoms with E-state index < -0.39 is 0 Å². The normalized spacial score (nSPS) is 24.9. The van der Waals surface area contributed by atoms with E-state index in [1.807, 2.05) is 12.4 Å². The lowest BCUT2D eigenvalue weighted by Crippen LogP contribution is -2.32. The van der Waals surface area contributed by atoms with E-state index in [9.17, 15) is 0 Å². The first-order chi connectivity index (χ1) is 10.3. The summed E-state index contributed by atoms with van der Waals surface area (Å²) in [7, 11) is 5.58. The number of hydrogen-bond donors (Lipinski definition) is 2. The SMILES string of the molecule is [B]Nc1ncc2n3c(ncc13)[C@@H]1CCCC(C1)NC(=C)C2. The molecule has 1 fully saturated rings. The maximum atomic E-state index is 5.58. The van der Waals surface area contributed by atoms with Crippen molar-refractivity contribution in [1.29, 1.82) is 0 Å². The van der Waals surface area contributed by atoms with E-state index in [-0.39, 0.29) is 0 Å². The van der Waals surface area contributed by atoms with E-state index >= 15 is 0 Å². The number of imidazole rings is 1. The third-order valence-corrected chi connectivity index (χ3v) is 4.64. The monoisotopic (exact) mass is 279 g/mol. The maximum absolute atomic E-state index is 5.58. The van der Waals surface area contributed by atoms with Gasteiger partial charge >= 0.3 is 0 Å². The summed E-state index contributed by atoms with van der Waals surface area (Å²) in [5.74, 6) is 2.29. The molecule has 1 aliphatic heterocycles. The molecule has 2 N–H and O–H groups in total. The average Bonchev–Trinajstić information content (AvgIpc) is 2.93. The van der Waals surface area contributed by atoms with Gasteiger partial charge in [0.15, 0.2) is 0 Å². The summed E-state index contributed by atoms with van der Waals surface area (Å²) in [6.45, 7) is 4.18. The molecule has 2 atom stereocenters. The van der Waals surface area contributed by atoms with Crippen LogP contribution in [0.1, 0.15) is 43.1 Å². The zero-order valence-electron chi connectivity index (χ0n) is 12.0. The Hall–Kier alpha value is -1.98. The van der Waals surface area contributed by atoms with E-state index in [0.29, 0.717) is 17.8 Å². The zero-order chi connectivity index (χ0) is 14.4. The van der Waals surface area contributed by atoms with Crippen LogP contribution in [0.25, 0.3) is 5.52 Å². The van der Waals surface area contributed by atoms with E-state index in [4.69, 9.17) is 13.0 Å². The van der Waals surface area contributed by atoms with Gasteiger partial charge in [-0.2, -0.15) is 0 Å². The Morgan fingerprint density at radius 3 is 3.10 bits per heavy atom. The quantitative estimate of drug-likeness (QED) is 0.783. The van der Waals surface area contributed by atoms with Crippen LogP contribution >= 0.6 is 0 Å². The zero-order valence-corrected chi connectivity index (χ0v) is 12.0. The first kappa shape index (κ1) is 12.7. The molecule has 0 spiro atoms. The lowest BCUT2D eigenvalue weighted by Gasteiger charge is -2.29. The van der Waals surface area contributed by atoms with Crippen LogP contribution in [0.2, 0.25) is 0 Å². The van der Waals surface area contributed by atoms with Crippen molar-refractivity contribution < 1.29 is 0 Å². The van der Waals surface area contributed by atoms with Crippen LogP contribution in [0.15, 0.2) is 24.7 Å². The molecular formula is C15H18BN5. The van der Waals surface area contributed by atoms with Crippen molar-refractivity contribution in [2.45, 2.75) is 44.1 Å². The largest absolute Gasteiger partial charge is 0.421 e. The van der Waals surface area contributed by atoms with Gasteiger partial charge in [0.05, 0.1) is 6.20 Å². The molecule has 3 heterocycles. The highest BCUT2D eigenvalue weighted by molar-refractivity contribution is 6.16. The van der Waals surface area contributed by atoms with Gasteiger partial charge in [-0.25, -0.2) is 9.97 Å². The number of nitrogens with one attached hydrogen (secondary N) is 2. The Kier molecular flexibility index (Phi) is 2.91. The highest BCUT2D eigenvalue weighted by Gasteiger charge is 2.29. The minimum atomic E-state index is 0.483. The summed E-state index contributed by atoms with van der Waals surface area (Å²) in [5, 5.41) is 6.25. The fraction of sp³-hybridized carbons (Fsp3) is 0.467. The molecular weight excluding hydrogens is 261 g/mol. The van der Waals surface area contributed by atoms with Gasteiger partial charge in [-0.05, 0) is 19.3 Å². The van der Waals surface area contributed by atoms with Crippen LogP contribution < -0.4 is 10.5 Å². The summed E-state index contributed by atoms with van der Waals surface area (Å²) in [6, 6.07) is 0.512. The predicted molar refractivity (Wildman–Crippen MR) is 83.3 cm³/mol. The van der Waals surface area contributed by atoms with Crippen molar-refractivity contribution in [2.24, 2.45) is 0 Å². The number of hydrogen-bond acceptors (Lipinski definition) is 4. The molecule has 21 heavy (non-hydrogen) atoms. The lowest BCUT2D eigenvalue weighted by molar-refractivity contribution is 0.350. The summed E-state index contributed by atoms with van der Waals surface area (Å²) < 4.78 is 2.22. The second-order valence-corrected chi connectivity index (χ2v) is 6.06. The van der Waals surface area contributed by atoms with Gasteiger partial charge in [0.1, 0.15) is 17.2 Å². The minimum Gasteiger partial charge on any atom is -0.421 e. The minimum absolute atomic E-state index is 0.483. The molecule has 1 saturated carbocycles. The van der Waals surface area contributed by atoms with Crippen molar-refractivity contribution in [2.75, 3.05) is 5.23 Å². The van der Waals surface area contributed by atoms with Crippen LogP contribution in [0.4, 0.5) is 5.82 Å². The van der Waals surface area contributed by atoms with Gasteiger partial charge in [0.25, 0.3) is 0 Å². The van der Waals surface area contributed by atoms with Gasteiger partial charge in [0.2, 0.25) is 7.98 Å². The third-order valence-electron chi connectivity index (χ3n) is 4.64. The van der Waals surface area contributed by atoms with Crippen LogP contribution in [-0.4, -0.2) is 28.4 Å². The van der Waals surface area contributed by atoms with Crippen molar-refractivity contribution >= 4 is 19.3 Å². The molecule has 2 aromatic rings. The van der Waals surface area contributed by atoms with Gasteiger partial charge in [-0.1, -0.05) is 13.0 Å². The van der Waals surface area contributed by atoms with Gasteiger partial charge in [0, 0.05) is 36.0 Å². The van der Waals surface area contributed by atoms with Gasteiger partial charge < -0.3 is 10.5 Å². The first-order valence-corrected chi connectivity index (χ1v) is 7.52. The van der Waals surface area contributed by atoms with E-state index in [1.54, 1.807) is 0 Å². The van der Waals surface area contributed by atoms with E-state index in [1.165, 1.54) is 19.3 Å². The van der Waals surface area contributed by atoms with Crippen molar-refractivity contribution in [3.05, 3.63) is 36.2 Å². The van der Waals surface area contributed by atoms with E-state index in [2.05, 4.69) is 26.5 Å². The molecule has 5 nitrogen and oxygen atoms in total. The van der Waals surface area contributed by atoms with Crippen LogP contribution in [0, 0.1) is 0 Å². The highest BCUT2D eigenvalue weighted by Crippen LogP contribution is 2.35. The van der Waals surface area contributed by atoms with Crippen molar-refractivity contribution in [3.63, 3.8) is 0 Å². The molecule has 6 heteroatoms. The number of anilines is 1. The standard InChI is InChI=1S/C15H18BN5/c1-9-5-12-7-17-14(20-16)13-8-18-15(21(12)13)10-3-2-4-11(6-10)19-9/h7-8,10-11,19H,1-6H2,(H,17,20)/t10-,11?/m1/s1. The molecule has 106 valence electrons. The summed E-state index contributed by atoms with van der Waals surface area (Å²) >= 11 is 0. The van der Waals surface area contributed by atoms with Crippen LogP contribution in [0.5, 0.6) is 0 Å². The first-order valence-electron chi connectivity index (χ1n) is 7.52. The van der Waals surface area contributed by atoms with Crippen molar-refractivity contribution in [1.82, 2.24) is 19.7 Å². The number of rotatable bonds is 1. The average molecular weight is 279 g/mol. The fourth-order valence-electron chi connectivity index (χ4n) is 3.74. The molecule has 0 saturated heterocycles. The molecule has 0 aromatic carbocycles. The Labute approximate surface area is 125 Å². The van der Waals surface area contributed by atoms with Gasteiger partial charge in [-0.3, -0.25) is 4.40 Å². The second kappa shape index (κ2) is 4.79. The lowest BCUT2D eigenvalue weighted by atomic mass is 9.85. The Morgan fingerprint density at radius 1 is 1.33 bits per heavy atom. The molecule has 2 radical (unpaired) electrons. The number of aromatic nitrogens is 3. The van der Waals surface area contributed by atoms with Crippen LogP contribution in [-0.2, 0) is 6.42 Å². The summed E-state index contributed by atoms with van der Waals surface area (Å²) in [5.41, 5.74) is 3.11. The van der Waals surface area contributed by atoms with Crippen LogP contribution in [0.3, 0.4) is 0 Å². The Morgan fingerprint density at radius 2 is 2.24 bits per heavy atom. The summed E-state index contributed by atoms with van der Waals surface area (Å²) in [4.78, 5) is 9.09. The number of nitrogens with zero attached hydrogens (tertiary/aromatic N) is 3. The number of allylic oxidation sites excluding steroid dienone is 1. The van der Waals surface area contributed by atoms with Crippen molar-refractivity contribution in [3.8, 4) is 0 Å². The fourth-order valence-corrected chi connectivity index (χ4v) is 3.74. The second-order valence-electron chi connectivity index (χ2n) is 6.06.